The predicted molar refractivity (Wildman–Crippen MR) is 102 cm³/mol. The lowest BCUT2D eigenvalue weighted by molar-refractivity contribution is 0.0695. The third-order valence-electron chi connectivity index (χ3n) is 4.59. The number of aromatic carboxylic acids is 1. The quantitative estimate of drug-likeness (QED) is 0.829. The van der Waals surface area contributed by atoms with E-state index < -0.39 is 17.2 Å². The molecule has 0 spiro atoms. The van der Waals surface area contributed by atoms with Gasteiger partial charge in [-0.25, -0.2) is 9.18 Å². The molecule has 1 fully saturated rings. The summed E-state index contributed by atoms with van der Waals surface area (Å²) in [6.45, 7) is 5.55. The van der Waals surface area contributed by atoms with E-state index in [2.05, 4.69) is 5.32 Å². The van der Waals surface area contributed by atoms with Crippen molar-refractivity contribution in [2.24, 2.45) is 0 Å². The van der Waals surface area contributed by atoms with E-state index in [1.807, 2.05) is 11.8 Å². The van der Waals surface area contributed by atoms with Gasteiger partial charge in [-0.2, -0.15) is 0 Å². The molecular formula is C18H23ClFN3O3. The summed E-state index contributed by atoms with van der Waals surface area (Å²) in [4.78, 5) is 25.8. The molecule has 2 heterocycles. The van der Waals surface area contributed by atoms with Gasteiger partial charge < -0.3 is 19.9 Å². The first-order valence-corrected chi connectivity index (χ1v) is 8.58. The van der Waals surface area contributed by atoms with Gasteiger partial charge in [0.05, 0.1) is 11.2 Å². The second kappa shape index (κ2) is 8.51. The van der Waals surface area contributed by atoms with Crippen LogP contribution in [0.15, 0.2) is 23.1 Å². The van der Waals surface area contributed by atoms with Gasteiger partial charge in [0.2, 0.25) is 5.43 Å². The molecule has 0 bridgehead atoms. The van der Waals surface area contributed by atoms with E-state index >= 15 is 0 Å². The van der Waals surface area contributed by atoms with E-state index in [9.17, 15) is 19.1 Å². The standard InChI is InChI=1S/C18H22FN3O3.ClH/c1-2-3-6-22-11-13(18(24)25)17(23)12-9-14(19)16(10-15(12)22)21-7-4-20-5-8-21;/h9-11,20H,2-8H2,1H3,(H,24,25);1H. The third-order valence-corrected chi connectivity index (χ3v) is 4.59. The minimum absolute atomic E-state index is 0. The maximum atomic E-state index is 14.6. The molecule has 0 aliphatic carbocycles. The molecule has 8 heteroatoms. The van der Waals surface area contributed by atoms with E-state index in [0.29, 0.717) is 30.8 Å². The van der Waals surface area contributed by atoms with Gasteiger partial charge in [-0.05, 0) is 18.6 Å². The van der Waals surface area contributed by atoms with Gasteiger partial charge in [0.1, 0.15) is 11.4 Å². The normalized spacial score (nSPS) is 14.3. The number of benzene rings is 1. The van der Waals surface area contributed by atoms with Crippen LogP contribution < -0.4 is 15.6 Å². The minimum Gasteiger partial charge on any atom is -0.477 e. The lowest BCUT2D eigenvalue weighted by Crippen LogP contribution is -2.43. The zero-order chi connectivity index (χ0) is 18.0. The van der Waals surface area contributed by atoms with E-state index in [0.717, 1.165) is 25.9 Å². The highest BCUT2D eigenvalue weighted by Crippen LogP contribution is 2.26. The van der Waals surface area contributed by atoms with Crippen LogP contribution in [0.25, 0.3) is 10.9 Å². The number of hydrogen-bond acceptors (Lipinski definition) is 4. The Morgan fingerprint density at radius 3 is 2.62 bits per heavy atom. The number of nitrogens with one attached hydrogen (secondary N) is 1. The van der Waals surface area contributed by atoms with Crippen molar-refractivity contribution < 1.29 is 14.3 Å². The number of carboxylic acids is 1. The number of aryl methyl sites for hydroxylation is 1. The largest absolute Gasteiger partial charge is 0.477 e. The zero-order valence-electron chi connectivity index (χ0n) is 14.6. The van der Waals surface area contributed by atoms with Gasteiger partial charge in [-0.1, -0.05) is 13.3 Å². The number of aromatic nitrogens is 1. The fraction of sp³-hybridized carbons (Fsp3) is 0.444. The summed E-state index contributed by atoms with van der Waals surface area (Å²) >= 11 is 0. The molecule has 0 atom stereocenters. The van der Waals surface area contributed by atoms with Crippen molar-refractivity contribution in [3.63, 3.8) is 0 Å². The number of carboxylic acid groups (broad SMARTS) is 1. The Morgan fingerprint density at radius 2 is 2.00 bits per heavy atom. The Balaban J connectivity index is 0.00000243. The number of rotatable bonds is 5. The molecule has 0 unspecified atom stereocenters. The Morgan fingerprint density at radius 1 is 1.31 bits per heavy atom. The topological polar surface area (TPSA) is 74.6 Å². The molecule has 142 valence electrons. The fourth-order valence-corrected chi connectivity index (χ4v) is 3.21. The Labute approximate surface area is 157 Å². The lowest BCUT2D eigenvalue weighted by Gasteiger charge is -2.30. The van der Waals surface area contributed by atoms with Crippen molar-refractivity contribution in [3.05, 3.63) is 39.9 Å². The third kappa shape index (κ3) is 3.83. The molecular weight excluding hydrogens is 361 g/mol. The summed E-state index contributed by atoms with van der Waals surface area (Å²) in [6.07, 6.45) is 3.15. The van der Waals surface area contributed by atoms with Gasteiger partial charge in [-0.15, -0.1) is 12.4 Å². The van der Waals surface area contributed by atoms with Crippen molar-refractivity contribution in [2.75, 3.05) is 31.1 Å². The highest BCUT2D eigenvalue weighted by molar-refractivity contribution is 5.93. The number of halogens is 2. The van der Waals surface area contributed by atoms with Crippen molar-refractivity contribution in [1.82, 2.24) is 9.88 Å². The molecule has 1 aliphatic rings. The molecule has 2 N–H and O–H groups in total. The van der Waals surface area contributed by atoms with E-state index in [1.165, 1.54) is 12.3 Å². The molecule has 26 heavy (non-hydrogen) atoms. The van der Waals surface area contributed by atoms with Crippen molar-refractivity contribution >= 4 is 35.0 Å². The molecule has 1 aliphatic heterocycles. The van der Waals surface area contributed by atoms with Crippen molar-refractivity contribution in [3.8, 4) is 0 Å². The average molecular weight is 384 g/mol. The van der Waals surface area contributed by atoms with Gasteiger partial charge in [-0.3, -0.25) is 4.79 Å². The monoisotopic (exact) mass is 383 g/mol. The van der Waals surface area contributed by atoms with Crippen LogP contribution in [0, 0.1) is 5.82 Å². The number of anilines is 1. The highest BCUT2D eigenvalue weighted by atomic mass is 35.5. The number of nitrogens with zero attached hydrogens (tertiary/aromatic N) is 2. The summed E-state index contributed by atoms with van der Waals surface area (Å²) in [7, 11) is 0. The van der Waals surface area contributed by atoms with Crippen LogP contribution in [0.2, 0.25) is 0 Å². The Hall–Kier alpha value is -2.12. The number of hydrogen-bond donors (Lipinski definition) is 2. The molecule has 1 aromatic heterocycles. The fourth-order valence-electron chi connectivity index (χ4n) is 3.21. The summed E-state index contributed by atoms with van der Waals surface area (Å²) in [5.41, 5.74) is 0.0824. The Bertz CT molecular complexity index is 863. The van der Waals surface area contributed by atoms with Crippen molar-refractivity contribution in [2.45, 2.75) is 26.3 Å². The first kappa shape index (κ1) is 20.2. The number of unbranched alkanes of at least 4 members (excludes halogenated alkanes) is 1. The van der Waals surface area contributed by atoms with Crippen LogP contribution in [0.3, 0.4) is 0 Å². The molecule has 2 aromatic rings. The first-order chi connectivity index (χ1) is 12.0. The van der Waals surface area contributed by atoms with Crippen LogP contribution in [0.4, 0.5) is 10.1 Å². The zero-order valence-corrected chi connectivity index (χ0v) is 15.4. The second-order valence-corrected chi connectivity index (χ2v) is 6.28. The average Bonchev–Trinajstić information content (AvgIpc) is 2.61. The molecule has 1 aromatic carbocycles. The molecule has 3 rings (SSSR count). The smallest absolute Gasteiger partial charge is 0.341 e. The maximum absolute atomic E-state index is 14.6. The molecule has 6 nitrogen and oxygen atoms in total. The number of fused-ring (bicyclic) bond motifs is 1. The second-order valence-electron chi connectivity index (χ2n) is 6.28. The van der Waals surface area contributed by atoms with Crippen LogP contribution in [-0.4, -0.2) is 41.8 Å². The molecule has 1 saturated heterocycles. The van der Waals surface area contributed by atoms with Gasteiger partial charge in [0.15, 0.2) is 0 Å². The summed E-state index contributed by atoms with van der Waals surface area (Å²) < 4.78 is 16.4. The summed E-state index contributed by atoms with van der Waals surface area (Å²) in [6, 6.07) is 2.86. The summed E-state index contributed by atoms with van der Waals surface area (Å²) in [5.74, 6) is -1.78. The number of pyridine rings is 1. The van der Waals surface area contributed by atoms with Crippen LogP contribution >= 0.6 is 12.4 Å². The van der Waals surface area contributed by atoms with Gasteiger partial charge >= 0.3 is 5.97 Å². The summed E-state index contributed by atoms with van der Waals surface area (Å²) in [5, 5.41) is 12.6. The minimum atomic E-state index is -1.29. The van der Waals surface area contributed by atoms with Crippen LogP contribution in [-0.2, 0) is 6.54 Å². The van der Waals surface area contributed by atoms with E-state index in [4.69, 9.17) is 0 Å². The predicted octanol–water partition coefficient (Wildman–Crippen LogP) is 2.47. The number of piperazine rings is 1. The molecule has 0 radical (unpaired) electrons. The van der Waals surface area contributed by atoms with Gasteiger partial charge in [0.25, 0.3) is 0 Å². The SMILES string of the molecule is CCCCn1cc(C(=O)O)c(=O)c2cc(F)c(N3CCNCC3)cc21.Cl. The molecule has 0 saturated carbocycles. The highest BCUT2D eigenvalue weighted by Gasteiger charge is 2.20. The maximum Gasteiger partial charge on any atom is 0.341 e. The van der Waals surface area contributed by atoms with E-state index in [-0.39, 0.29) is 23.4 Å². The van der Waals surface area contributed by atoms with Crippen molar-refractivity contribution in [1.29, 1.82) is 0 Å². The number of carbonyl (C=O) groups is 1. The Kier molecular flexibility index (Phi) is 6.61. The van der Waals surface area contributed by atoms with E-state index in [1.54, 1.807) is 10.6 Å². The van der Waals surface area contributed by atoms with Crippen LogP contribution in [0.1, 0.15) is 30.1 Å². The first-order valence-electron chi connectivity index (χ1n) is 8.58. The van der Waals surface area contributed by atoms with Crippen LogP contribution in [0.5, 0.6) is 0 Å². The van der Waals surface area contributed by atoms with Gasteiger partial charge in [0, 0.05) is 44.3 Å². The molecule has 0 amide bonds. The lowest BCUT2D eigenvalue weighted by atomic mass is 10.1.